The Morgan fingerprint density at radius 3 is 2.87 bits per heavy atom. The van der Waals surface area contributed by atoms with E-state index in [4.69, 9.17) is 16.7 Å². The van der Waals surface area contributed by atoms with Gasteiger partial charge in [0.25, 0.3) is 0 Å². The molecule has 80 valence electrons. The Hall–Kier alpha value is -1.07. The molecule has 1 atom stereocenters. The van der Waals surface area contributed by atoms with Gasteiger partial charge in [-0.1, -0.05) is 11.6 Å². The molecule has 1 aromatic heterocycles. The predicted octanol–water partition coefficient (Wildman–Crippen LogP) is 1.98. The lowest BCUT2D eigenvalue weighted by Crippen LogP contribution is -2.37. The Labute approximate surface area is 95.1 Å². The summed E-state index contributed by atoms with van der Waals surface area (Å²) in [7, 11) is 0. The van der Waals surface area contributed by atoms with Crippen LogP contribution in [0.3, 0.4) is 0 Å². The van der Waals surface area contributed by atoms with Crippen molar-refractivity contribution in [3.05, 3.63) is 16.5 Å². The van der Waals surface area contributed by atoms with E-state index < -0.39 is 12.0 Å². The standard InChI is InChI=1S/C9H8ClNO3S/c10-6-2-4-8(15-6)11-5(9(13)14)1-3-7(11)12/h2,4-5H,1,3H2,(H,13,14)/t5-/m0/s1. The maximum atomic E-state index is 11.5. The number of carboxylic acids is 1. The van der Waals surface area contributed by atoms with Gasteiger partial charge in [0.2, 0.25) is 5.91 Å². The molecule has 0 unspecified atom stereocenters. The Morgan fingerprint density at radius 1 is 1.60 bits per heavy atom. The summed E-state index contributed by atoms with van der Waals surface area (Å²) < 4.78 is 0.550. The van der Waals surface area contributed by atoms with Gasteiger partial charge in [0, 0.05) is 6.42 Å². The fourth-order valence-corrected chi connectivity index (χ4v) is 2.73. The van der Waals surface area contributed by atoms with Crippen LogP contribution < -0.4 is 4.90 Å². The highest BCUT2D eigenvalue weighted by atomic mass is 35.5. The smallest absolute Gasteiger partial charge is 0.326 e. The van der Waals surface area contributed by atoms with Gasteiger partial charge in [-0.2, -0.15) is 0 Å². The summed E-state index contributed by atoms with van der Waals surface area (Å²) in [6.45, 7) is 0. The summed E-state index contributed by atoms with van der Waals surface area (Å²) in [5.74, 6) is -1.12. The largest absolute Gasteiger partial charge is 0.480 e. The molecule has 6 heteroatoms. The second-order valence-electron chi connectivity index (χ2n) is 3.23. The number of hydrogen-bond donors (Lipinski definition) is 1. The number of anilines is 1. The Bertz CT molecular complexity index is 417. The normalized spacial score (nSPS) is 21.0. The highest BCUT2D eigenvalue weighted by molar-refractivity contribution is 7.20. The maximum Gasteiger partial charge on any atom is 0.326 e. The molecule has 0 spiro atoms. The van der Waals surface area contributed by atoms with Gasteiger partial charge < -0.3 is 5.11 Å². The number of halogens is 1. The molecule has 1 aliphatic rings. The highest BCUT2D eigenvalue weighted by Crippen LogP contribution is 2.34. The molecular formula is C9H8ClNO3S. The van der Waals surface area contributed by atoms with E-state index in [0.717, 1.165) is 0 Å². The number of thiophene rings is 1. The second-order valence-corrected chi connectivity index (χ2v) is 4.93. The molecule has 1 aromatic rings. The molecule has 2 heterocycles. The highest BCUT2D eigenvalue weighted by Gasteiger charge is 2.37. The number of hydrogen-bond acceptors (Lipinski definition) is 3. The zero-order valence-corrected chi connectivity index (χ0v) is 9.22. The Morgan fingerprint density at radius 2 is 2.33 bits per heavy atom. The van der Waals surface area contributed by atoms with Gasteiger partial charge in [-0.3, -0.25) is 9.69 Å². The van der Waals surface area contributed by atoms with Crippen molar-refractivity contribution < 1.29 is 14.7 Å². The summed E-state index contributed by atoms with van der Waals surface area (Å²) in [5, 5.41) is 9.55. The van der Waals surface area contributed by atoms with Crippen molar-refractivity contribution in [2.45, 2.75) is 18.9 Å². The average molecular weight is 246 g/mol. The van der Waals surface area contributed by atoms with Gasteiger partial charge in [-0.25, -0.2) is 4.79 Å². The molecule has 15 heavy (non-hydrogen) atoms. The zero-order valence-electron chi connectivity index (χ0n) is 7.64. The van der Waals surface area contributed by atoms with Gasteiger partial charge in [0.1, 0.15) is 6.04 Å². The van der Waals surface area contributed by atoms with Crippen LogP contribution >= 0.6 is 22.9 Å². The quantitative estimate of drug-likeness (QED) is 0.867. The summed E-state index contributed by atoms with van der Waals surface area (Å²) >= 11 is 6.96. The lowest BCUT2D eigenvalue weighted by molar-refractivity contribution is -0.138. The van der Waals surface area contributed by atoms with Crippen molar-refractivity contribution >= 4 is 39.8 Å². The molecule has 0 aliphatic carbocycles. The van der Waals surface area contributed by atoms with Crippen LogP contribution in [0.25, 0.3) is 0 Å². The van der Waals surface area contributed by atoms with E-state index in [1.807, 2.05) is 0 Å². The van der Waals surface area contributed by atoms with Crippen molar-refractivity contribution in [1.82, 2.24) is 0 Å². The molecule has 0 aromatic carbocycles. The van der Waals surface area contributed by atoms with E-state index in [9.17, 15) is 9.59 Å². The molecular weight excluding hydrogens is 238 g/mol. The maximum absolute atomic E-state index is 11.5. The third-order valence-corrected chi connectivity index (χ3v) is 3.52. The van der Waals surface area contributed by atoms with Gasteiger partial charge >= 0.3 is 5.97 Å². The molecule has 2 rings (SSSR count). The third kappa shape index (κ3) is 1.85. The SMILES string of the molecule is O=C(O)[C@@H]1CCC(=O)N1c1ccc(Cl)s1. The van der Waals surface area contributed by atoms with Crippen LogP contribution in [0, 0.1) is 0 Å². The number of aliphatic carboxylic acids is 1. The van der Waals surface area contributed by atoms with E-state index >= 15 is 0 Å². The fraction of sp³-hybridized carbons (Fsp3) is 0.333. The Kier molecular flexibility index (Phi) is 2.67. The molecule has 0 radical (unpaired) electrons. The van der Waals surface area contributed by atoms with E-state index in [1.54, 1.807) is 12.1 Å². The number of carbonyl (C=O) groups excluding carboxylic acids is 1. The topological polar surface area (TPSA) is 57.6 Å². The number of amides is 1. The van der Waals surface area contributed by atoms with Crippen molar-refractivity contribution in [2.75, 3.05) is 4.90 Å². The van der Waals surface area contributed by atoms with Crippen LogP contribution in [0.2, 0.25) is 4.34 Å². The molecule has 4 nitrogen and oxygen atoms in total. The lowest BCUT2D eigenvalue weighted by Gasteiger charge is -2.19. The minimum Gasteiger partial charge on any atom is -0.480 e. The molecule has 1 fully saturated rings. The van der Waals surface area contributed by atoms with Crippen molar-refractivity contribution in [3.8, 4) is 0 Å². The Balaban J connectivity index is 2.32. The third-order valence-electron chi connectivity index (χ3n) is 2.29. The van der Waals surface area contributed by atoms with Crippen LogP contribution in [-0.4, -0.2) is 23.0 Å². The summed E-state index contributed by atoms with van der Waals surface area (Å²) in [5.41, 5.74) is 0. The van der Waals surface area contributed by atoms with Crippen LogP contribution in [-0.2, 0) is 9.59 Å². The lowest BCUT2D eigenvalue weighted by atomic mass is 10.2. The average Bonchev–Trinajstić information content (AvgIpc) is 2.71. The van der Waals surface area contributed by atoms with Crippen LogP contribution in [0.1, 0.15) is 12.8 Å². The summed E-state index contributed by atoms with van der Waals surface area (Å²) in [6.07, 6.45) is 0.649. The number of carboxylic acid groups (broad SMARTS) is 1. The molecule has 0 bridgehead atoms. The molecule has 0 saturated carbocycles. The second kappa shape index (κ2) is 3.83. The van der Waals surface area contributed by atoms with E-state index in [0.29, 0.717) is 15.8 Å². The first-order valence-electron chi connectivity index (χ1n) is 4.40. The van der Waals surface area contributed by atoms with Gasteiger partial charge in [0.05, 0.1) is 9.34 Å². The molecule has 1 N–H and O–H groups in total. The predicted molar refractivity (Wildman–Crippen MR) is 57.5 cm³/mol. The van der Waals surface area contributed by atoms with Crippen molar-refractivity contribution in [1.29, 1.82) is 0 Å². The van der Waals surface area contributed by atoms with Crippen LogP contribution in [0.5, 0.6) is 0 Å². The number of nitrogens with zero attached hydrogens (tertiary/aromatic N) is 1. The monoisotopic (exact) mass is 245 g/mol. The summed E-state index contributed by atoms with van der Waals surface area (Å²) in [6, 6.07) is 2.59. The van der Waals surface area contributed by atoms with Gasteiger partial charge in [-0.05, 0) is 18.6 Å². The van der Waals surface area contributed by atoms with Crippen molar-refractivity contribution in [2.24, 2.45) is 0 Å². The zero-order chi connectivity index (χ0) is 11.0. The minimum atomic E-state index is -0.967. The first-order chi connectivity index (χ1) is 7.09. The molecule has 1 amide bonds. The molecule has 1 saturated heterocycles. The summed E-state index contributed by atoms with van der Waals surface area (Å²) in [4.78, 5) is 23.8. The van der Waals surface area contributed by atoms with Gasteiger partial charge in [-0.15, -0.1) is 11.3 Å². The van der Waals surface area contributed by atoms with E-state index in [-0.39, 0.29) is 12.3 Å². The number of carbonyl (C=O) groups is 2. The number of rotatable bonds is 2. The molecule has 1 aliphatic heterocycles. The van der Waals surface area contributed by atoms with Crippen molar-refractivity contribution in [3.63, 3.8) is 0 Å². The minimum absolute atomic E-state index is 0.152. The first-order valence-corrected chi connectivity index (χ1v) is 5.59. The van der Waals surface area contributed by atoms with Crippen LogP contribution in [0.15, 0.2) is 12.1 Å². The van der Waals surface area contributed by atoms with Crippen LogP contribution in [0.4, 0.5) is 5.00 Å². The van der Waals surface area contributed by atoms with Gasteiger partial charge in [0.15, 0.2) is 0 Å². The van der Waals surface area contributed by atoms with E-state index in [2.05, 4.69) is 0 Å². The van der Waals surface area contributed by atoms with E-state index in [1.165, 1.54) is 16.2 Å². The fourth-order valence-electron chi connectivity index (χ4n) is 1.63. The first kappa shape index (κ1) is 10.4.